The molecule has 1 aliphatic carbocycles. The number of nitrogens with zero attached hydrogens (tertiary/aromatic N) is 2. The molecule has 0 amide bonds. The summed E-state index contributed by atoms with van der Waals surface area (Å²) in [6.45, 7) is 0. The van der Waals surface area contributed by atoms with Crippen LogP contribution in [0.5, 0.6) is 0 Å². The van der Waals surface area contributed by atoms with Gasteiger partial charge in [0.1, 0.15) is 0 Å². The van der Waals surface area contributed by atoms with Crippen molar-refractivity contribution in [2.45, 2.75) is 19.5 Å². The van der Waals surface area contributed by atoms with Gasteiger partial charge in [-0.25, -0.2) is 0 Å². The van der Waals surface area contributed by atoms with Crippen LogP contribution in [-0.4, -0.2) is 59.4 Å². The average molecular weight is 336 g/mol. The molecule has 94 valence electrons. The molecule has 0 saturated carbocycles. The zero-order valence-electron chi connectivity index (χ0n) is 12.1. The molecule has 0 N–H and O–H groups in total. The SMILES string of the molecule is CN(C)C=C1C=CCC(=CN(C)C)[CH]1[In]([CH3])[CH3]. The van der Waals surface area contributed by atoms with E-state index in [0.29, 0.717) is 0 Å². The van der Waals surface area contributed by atoms with Gasteiger partial charge in [-0.3, -0.25) is 0 Å². The van der Waals surface area contributed by atoms with Crippen molar-refractivity contribution in [1.82, 2.24) is 9.80 Å². The average Bonchev–Trinajstić information content (AvgIpc) is 2.14. The van der Waals surface area contributed by atoms with Crippen molar-refractivity contribution in [1.29, 1.82) is 0 Å². The van der Waals surface area contributed by atoms with Crippen molar-refractivity contribution in [3.8, 4) is 0 Å². The standard InChI is InChI=1S/C12H19N2.2CH3.In/c1-13(2)9-11-6-5-7-12(8-11)10-14(3)4;;;/h5-6,8-10H,7H2,1-4H3;2*1H3;. The normalized spacial score (nSPS) is 24.2. The molecule has 17 heavy (non-hydrogen) atoms. The van der Waals surface area contributed by atoms with Gasteiger partial charge < -0.3 is 0 Å². The Balaban J connectivity index is 3.08. The van der Waals surface area contributed by atoms with Crippen LogP contribution in [0.2, 0.25) is 13.0 Å². The topological polar surface area (TPSA) is 6.48 Å². The van der Waals surface area contributed by atoms with Crippen molar-refractivity contribution >= 4 is 21.4 Å². The molecule has 0 radical (unpaired) electrons. The van der Waals surface area contributed by atoms with Crippen molar-refractivity contribution in [3.63, 3.8) is 0 Å². The van der Waals surface area contributed by atoms with Gasteiger partial charge in [-0.05, 0) is 0 Å². The second-order valence-electron chi connectivity index (χ2n) is 5.59. The molecule has 0 spiro atoms. The molecule has 1 atom stereocenters. The second-order valence-corrected chi connectivity index (χ2v) is 14.6. The quantitative estimate of drug-likeness (QED) is 0.782. The number of allylic oxidation sites excluding steroid dienone is 4. The van der Waals surface area contributed by atoms with Crippen molar-refractivity contribution < 1.29 is 0 Å². The number of hydrogen-bond acceptors (Lipinski definition) is 2. The molecule has 3 heteroatoms. The molecule has 0 saturated heterocycles. The summed E-state index contributed by atoms with van der Waals surface area (Å²) in [5.41, 5.74) is 3.12. The molecule has 0 heterocycles. The van der Waals surface area contributed by atoms with E-state index < -0.39 is 21.4 Å². The van der Waals surface area contributed by atoms with Gasteiger partial charge in [0.25, 0.3) is 0 Å². The maximum atomic E-state index is 2.51. The first-order chi connectivity index (χ1) is 7.91. The first kappa shape index (κ1) is 14.8. The summed E-state index contributed by atoms with van der Waals surface area (Å²) in [5.74, 6) is 0. The van der Waals surface area contributed by atoms with Gasteiger partial charge >= 0.3 is 115 Å². The summed E-state index contributed by atoms with van der Waals surface area (Å²) in [6, 6.07) is 0. The molecule has 0 bridgehead atoms. The van der Waals surface area contributed by atoms with Gasteiger partial charge in [-0.2, -0.15) is 0 Å². The monoisotopic (exact) mass is 336 g/mol. The Bertz CT molecular complexity index is 338. The van der Waals surface area contributed by atoms with E-state index in [1.807, 2.05) is 0 Å². The van der Waals surface area contributed by atoms with Gasteiger partial charge in [0.05, 0.1) is 0 Å². The molecule has 1 aliphatic rings. The minimum absolute atomic E-state index is 0.756. The van der Waals surface area contributed by atoms with Crippen molar-refractivity contribution in [2.24, 2.45) is 0 Å². The van der Waals surface area contributed by atoms with Crippen LogP contribution in [-0.2, 0) is 0 Å². The summed E-state index contributed by atoms with van der Waals surface area (Å²) >= 11 is -1.42. The van der Waals surface area contributed by atoms with Gasteiger partial charge in [0, 0.05) is 0 Å². The third-order valence-electron chi connectivity index (χ3n) is 2.92. The van der Waals surface area contributed by atoms with E-state index in [-0.39, 0.29) is 0 Å². The van der Waals surface area contributed by atoms with Crippen LogP contribution < -0.4 is 0 Å². The fourth-order valence-electron chi connectivity index (χ4n) is 2.47. The Morgan fingerprint density at radius 2 is 1.71 bits per heavy atom. The van der Waals surface area contributed by atoms with Crippen molar-refractivity contribution in [3.05, 3.63) is 35.7 Å². The van der Waals surface area contributed by atoms with Gasteiger partial charge in [0.15, 0.2) is 0 Å². The van der Waals surface area contributed by atoms with Gasteiger partial charge in [-0.1, -0.05) is 0 Å². The molecule has 0 aromatic heterocycles. The van der Waals surface area contributed by atoms with E-state index in [1.54, 1.807) is 5.57 Å². The summed E-state index contributed by atoms with van der Waals surface area (Å²) < 4.78 is 5.78. The summed E-state index contributed by atoms with van der Waals surface area (Å²) in [5, 5.41) is 0. The van der Waals surface area contributed by atoms with Crippen LogP contribution in [0, 0.1) is 0 Å². The summed E-state index contributed by atoms with van der Waals surface area (Å²) in [6.07, 6.45) is 10.4. The Kier molecular flexibility index (Phi) is 5.71. The predicted molar refractivity (Wildman–Crippen MR) is 78.5 cm³/mol. The van der Waals surface area contributed by atoms with E-state index in [4.69, 9.17) is 0 Å². The minimum atomic E-state index is -1.42. The van der Waals surface area contributed by atoms with Crippen LogP contribution in [0.25, 0.3) is 0 Å². The zero-order chi connectivity index (χ0) is 13.0. The van der Waals surface area contributed by atoms with E-state index in [1.165, 1.54) is 5.57 Å². The Labute approximate surface area is 114 Å². The zero-order valence-corrected chi connectivity index (χ0v) is 15.4. The van der Waals surface area contributed by atoms with Crippen molar-refractivity contribution in [2.75, 3.05) is 28.2 Å². The molecule has 1 rings (SSSR count). The third kappa shape index (κ3) is 4.46. The van der Waals surface area contributed by atoms with E-state index >= 15 is 0 Å². The van der Waals surface area contributed by atoms with Crippen LogP contribution in [0.3, 0.4) is 0 Å². The molecular formula is C14H25InN2. The molecule has 0 aromatic rings. The van der Waals surface area contributed by atoms with Crippen LogP contribution in [0.4, 0.5) is 0 Å². The fourth-order valence-corrected chi connectivity index (χ4v) is 8.31. The predicted octanol–water partition coefficient (Wildman–Crippen LogP) is 2.96. The van der Waals surface area contributed by atoms with E-state index in [0.717, 1.165) is 10.1 Å². The van der Waals surface area contributed by atoms with Crippen LogP contribution in [0.1, 0.15) is 6.42 Å². The summed E-state index contributed by atoms with van der Waals surface area (Å²) in [4.78, 5) is 4.35. The third-order valence-corrected chi connectivity index (χ3v) is 9.05. The van der Waals surface area contributed by atoms with E-state index in [2.05, 4.69) is 71.9 Å². The molecular weight excluding hydrogens is 311 g/mol. The van der Waals surface area contributed by atoms with Crippen LogP contribution in [0.15, 0.2) is 35.7 Å². The Morgan fingerprint density at radius 3 is 2.18 bits per heavy atom. The number of hydrogen-bond donors (Lipinski definition) is 0. The molecule has 1 unspecified atom stereocenters. The molecule has 0 aromatic carbocycles. The molecule has 2 nitrogen and oxygen atoms in total. The first-order valence-corrected chi connectivity index (χ1v) is 14.8. The van der Waals surface area contributed by atoms with Gasteiger partial charge in [0.2, 0.25) is 0 Å². The number of rotatable bonds is 3. The van der Waals surface area contributed by atoms with E-state index in [9.17, 15) is 0 Å². The first-order valence-electron chi connectivity index (χ1n) is 6.33. The Hall–Kier alpha value is -0.310. The molecule has 0 fully saturated rings. The fraction of sp³-hybridized carbons (Fsp3) is 0.571. The van der Waals surface area contributed by atoms with Gasteiger partial charge in [-0.15, -0.1) is 0 Å². The summed E-state index contributed by atoms with van der Waals surface area (Å²) in [7, 11) is 8.45. The second kappa shape index (κ2) is 6.58. The maximum absolute atomic E-state index is 2.51. The van der Waals surface area contributed by atoms with Crippen LogP contribution >= 0.6 is 0 Å². The molecule has 0 aliphatic heterocycles. The Morgan fingerprint density at radius 1 is 1.12 bits per heavy atom.